The van der Waals surface area contributed by atoms with Gasteiger partial charge in [0.1, 0.15) is 0 Å². The second-order valence-corrected chi connectivity index (χ2v) is 8.34. The largest absolute Gasteiger partial charge is 0.0936 e. The van der Waals surface area contributed by atoms with Gasteiger partial charge >= 0.3 is 0 Å². The van der Waals surface area contributed by atoms with Gasteiger partial charge < -0.3 is 0 Å². The summed E-state index contributed by atoms with van der Waals surface area (Å²) < 4.78 is 0. The van der Waals surface area contributed by atoms with Crippen LogP contribution in [-0.2, 0) is 5.41 Å². The lowest BCUT2D eigenvalue weighted by Crippen LogP contribution is -2.14. The molecule has 1 aliphatic rings. The van der Waals surface area contributed by atoms with Gasteiger partial charge in [0.2, 0.25) is 0 Å². The molecule has 0 aromatic heterocycles. The van der Waals surface area contributed by atoms with Crippen LogP contribution in [0.15, 0.2) is 60.7 Å². The zero-order valence-electron chi connectivity index (χ0n) is 14.8. The summed E-state index contributed by atoms with van der Waals surface area (Å²) >= 11 is 0. The summed E-state index contributed by atoms with van der Waals surface area (Å²) in [4.78, 5) is 0. The molecule has 0 radical (unpaired) electrons. The van der Waals surface area contributed by atoms with Crippen molar-refractivity contribution < 1.29 is 0 Å². The molecule has 0 heterocycles. The molecule has 120 valence electrons. The Morgan fingerprint density at radius 3 is 2.17 bits per heavy atom. The highest BCUT2D eigenvalue weighted by Gasteiger charge is 2.35. The van der Waals surface area contributed by atoms with Crippen molar-refractivity contribution in [3.8, 4) is 22.3 Å². The number of fused-ring (bicyclic) bond motifs is 3. The third-order valence-corrected chi connectivity index (χ3v) is 6.20. The van der Waals surface area contributed by atoms with E-state index in [9.17, 15) is 0 Å². The zero-order valence-corrected chi connectivity index (χ0v) is 15.8. The third-order valence-electron chi connectivity index (χ3n) is 5.32. The topological polar surface area (TPSA) is 0 Å². The highest BCUT2D eigenvalue weighted by Crippen LogP contribution is 2.49. The third kappa shape index (κ3) is 2.33. The number of hydrogen-bond acceptors (Lipinski definition) is 0. The van der Waals surface area contributed by atoms with Crippen LogP contribution in [0.2, 0.25) is 0 Å². The fourth-order valence-electron chi connectivity index (χ4n) is 3.92. The summed E-state index contributed by atoms with van der Waals surface area (Å²) in [5, 5.41) is 1.42. The van der Waals surface area contributed by atoms with E-state index in [1.807, 2.05) is 0 Å². The lowest BCUT2D eigenvalue weighted by Gasteiger charge is -2.21. The molecule has 1 aliphatic carbocycles. The number of benzene rings is 3. The molecule has 0 amide bonds. The van der Waals surface area contributed by atoms with Crippen LogP contribution in [0.1, 0.15) is 30.5 Å². The van der Waals surface area contributed by atoms with Crippen LogP contribution in [-0.4, -0.2) is 6.66 Å². The minimum absolute atomic E-state index is 0.0869. The molecule has 0 aliphatic heterocycles. The predicted molar refractivity (Wildman–Crippen MR) is 108 cm³/mol. The number of hydrogen-bond donors (Lipinski definition) is 0. The fraction of sp³-hybridized carbons (Fsp3) is 0.217. The van der Waals surface area contributed by atoms with Gasteiger partial charge in [-0.15, -0.1) is 0 Å². The first kappa shape index (κ1) is 15.6. The van der Waals surface area contributed by atoms with Gasteiger partial charge in [0.25, 0.3) is 0 Å². The maximum absolute atomic E-state index is 2.39. The second kappa shape index (κ2) is 5.57. The standard InChI is InChI=1S/C23H23P/c1-15-8-10-21-19(12-15)20-14-17(9-11-22(20)23(21,2)3)16-6-5-7-18(13-16)24-4/h5-14,24H,1-4H3. The van der Waals surface area contributed by atoms with Gasteiger partial charge in [0, 0.05) is 5.41 Å². The molecular weight excluding hydrogens is 307 g/mol. The molecule has 1 unspecified atom stereocenters. The molecule has 0 saturated heterocycles. The van der Waals surface area contributed by atoms with Crippen molar-refractivity contribution in [1.29, 1.82) is 0 Å². The van der Waals surface area contributed by atoms with Crippen LogP contribution in [0, 0.1) is 6.92 Å². The summed E-state index contributed by atoms with van der Waals surface area (Å²) in [6.45, 7) is 9.10. The molecule has 3 aromatic carbocycles. The maximum atomic E-state index is 2.39. The molecular formula is C23H23P. The normalized spacial score (nSPS) is 14.8. The molecule has 3 aromatic rings. The van der Waals surface area contributed by atoms with Gasteiger partial charge in [-0.2, -0.15) is 0 Å². The van der Waals surface area contributed by atoms with Crippen LogP contribution in [0.25, 0.3) is 22.3 Å². The quantitative estimate of drug-likeness (QED) is 0.513. The Kier molecular flexibility index (Phi) is 3.62. The van der Waals surface area contributed by atoms with Crippen LogP contribution >= 0.6 is 8.58 Å². The summed E-state index contributed by atoms with van der Waals surface area (Å²) in [6.07, 6.45) is 0. The molecule has 4 rings (SSSR count). The fourth-order valence-corrected chi connectivity index (χ4v) is 4.48. The SMILES string of the molecule is CPc1cccc(-c2ccc3c(c2)-c2cc(C)ccc2C3(C)C)c1. The molecule has 0 spiro atoms. The summed E-state index contributed by atoms with van der Waals surface area (Å²) in [6, 6.07) is 22.9. The first-order chi connectivity index (χ1) is 11.5. The summed E-state index contributed by atoms with van der Waals surface area (Å²) in [5.41, 5.74) is 9.76. The molecule has 0 bridgehead atoms. The Morgan fingerprint density at radius 2 is 1.42 bits per heavy atom. The van der Waals surface area contributed by atoms with E-state index in [0.29, 0.717) is 0 Å². The van der Waals surface area contributed by atoms with E-state index in [-0.39, 0.29) is 5.41 Å². The van der Waals surface area contributed by atoms with Gasteiger partial charge in [-0.1, -0.05) is 76.5 Å². The summed E-state index contributed by atoms with van der Waals surface area (Å²) in [7, 11) is 0.839. The van der Waals surface area contributed by atoms with Gasteiger partial charge in [-0.25, -0.2) is 0 Å². The van der Waals surface area contributed by atoms with E-state index < -0.39 is 0 Å². The Bertz CT molecular complexity index is 935. The molecule has 1 heteroatoms. The second-order valence-electron chi connectivity index (χ2n) is 7.27. The highest BCUT2D eigenvalue weighted by molar-refractivity contribution is 7.46. The lowest BCUT2D eigenvalue weighted by atomic mass is 9.82. The Morgan fingerprint density at radius 1 is 0.750 bits per heavy atom. The van der Waals surface area contributed by atoms with E-state index in [2.05, 4.69) is 88.1 Å². The van der Waals surface area contributed by atoms with E-state index in [1.165, 1.54) is 44.2 Å². The molecule has 0 N–H and O–H groups in total. The average Bonchev–Trinajstić information content (AvgIpc) is 2.82. The number of rotatable bonds is 2. The molecule has 0 saturated carbocycles. The Hall–Kier alpha value is -1.91. The maximum Gasteiger partial charge on any atom is 0.0158 e. The van der Waals surface area contributed by atoms with Gasteiger partial charge in [0.05, 0.1) is 0 Å². The van der Waals surface area contributed by atoms with Gasteiger partial charge in [-0.3, -0.25) is 0 Å². The smallest absolute Gasteiger partial charge is 0.0158 e. The van der Waals surface area contributed by atoms with E-state index in [4.69, 9.17) is 0 Å². The van der Waals surface area contributed by atoms with Gasteiger partial charge in [0.15, 0.2) is 0 Å². The molecule has 0 nitrogen and oxygen atoms in total. The first-order valence-electron chi connectivity index (χ1n) is 8.55. The van der Waals surface area contributed by atoms with Crippen molar-refractivity contribution in [3.05, 3.63) is 77.4 Å². The van der Waals surface area contributed by atoms with Crippen molar-refractivity contribution in [2.24, 2.45) is 0 Å². The van der Waals surface area contributed by atoms with E-state index >= 15 is 0 Å². The Labute approximate surface area is 146 Å². The van der Waals surface area contributed by atoms with Crippen LogP contribution in [0.4, 0.5) is 0 Å². The van der Waals surface area contributed by atoms with Crippen LogP contribution in [0.3, 0.4) is 0 Å². The number of aryl methyl sites for hydroxylation is 1. The van der Waals surface area contributed by atoms with Crippen molar-refractivity contribution in [2.75, 3.05) is 6.66 Å². The molecule has 1 atom stereocenters. The minimum Gasteiger partial charge on any atom is -0.0936 e. The minimum atomic E-state index is 0.0869. The van der Waals surface area contributed by atoms with Crippen molar-refractivity contribution >= 4 is 13.9 Å². The monoisotopic (exact) mass is 330 g/mol. The zero-order chi connectivity index (χ0) is 16.9. The lowest BCUT2D eigenvalue weighted by molar-refractivity contribution is 0.660. The summed E-state index contributed by atoms with van der Waals surface area (Å²) in [5.74, 6) is 0. The Balaban J connectivity index is 1.92. The van der Waals surface area contributed by atoms with Crippen LogP contribution in [0.5, 0.6) is 0 Å². The first-order valence-corrected chi connectivity index (χ1v) is 10.0. The van der Waals surface area contributed by atoms with Crippen molar-refractivity contribution in [3.63, 3.8) is 0 Å². The van der Waals surface area contributed by atoms with Crippen molar-refractivity contribution in [1.82, 2.24) is 0 Å². The van der Waals surface area contributed by atoms with E-state index in [1.54, 1.807) is 0 Å². The van der Waals surface area contributed by atoms with E-state index in [0.717, 1.165) is 8.58 Å². The van der Waals surface area contributed by atoms with Gasteiger partial charge in [-0.05, 0) is 64.4 Å². The predicted octanol–water partition coefficient (Wildman–Crippen LogP) is 5.90. The molecule has 24 heavy (non-hydrogen) atoms. The van der Waals surface area contributed by atoms with Crippen molar-refractivity contribution in [2.45, 2.75) is 26.2 Å². The van der Waals surface area contributed by atoms with Crippen LogP contribution < -0.4 is 5.30 Å². The highest BCUT2D eigenvalue weighted by atomic mass is 31.1. The molecule has 0 fully saturated rings. The average molecular weight is 330 g/mol.